The molecule has 4 heteroatoms. The summed E-state index contributed by atoms with van der Waals surface area (Å²) in [5.74, 6) is 1.84. The van der Waals surface area contributed by atoms with E-state index in [0.29, 0.717) is 11.5 Å². The van der Waals surface area contributed by atoms with E-state index < -0.39 is 0 Å². The molecule has 2 fully saturated rings. The van der Waals surface area contributed by atoms with E-state index in [4.69, 9.17) is 4.74 Å². The number of fused-ring (bicyclic) bond motifs is 1. The standard InChI is InChI=1S/C30H39N3O/c1-30(2,3)26-7-10-28(11-8-26)34-29-9-6-24-20-23(4-5-25(24)21-29)22-32-16-18-33(19-17-32)27-12-14-31-15-13-27/h4-6,9,12-15,20-21,26,28H,7-8,10-11,16-19,22H2,1-3H3/t26-,28-. The monoisotopic (exact) mass is 457 g/mol. The van der Waals surface area contributed by atoms with Gasteiger partial charge in [0.2, 0.25) is 0 Å². The third kappa shape index (κ3) is 5.55. The molecule has 0 bridgehead atoms. The molecule has 2 aliphatic rings. The van der Waals surface area contributed by atoms with Gasteiger partial charge in [-0.05, 0) is 83.7 Å². The van der Waals surface area contributed by atoms with Crippen molar-refractivity contribution in [3.05, 3.63) is 66.5 Å². The fourth-order valence-electron chi connectivity index (χ4n) is 5.66. The zero-order valence-electron chi connectivity index (χ0n) is 21.0. The molecule has 4 nitrogen and oxygen atoms in total. The summed E-state index contributed by atoms with van der Waals surface area (Å²) in [4.78, 5) is 9.15. The first-order valence-corrected chi connectivity index (χ1v) is 13.0. The largest absolute Gasteiger partial charge is 0.490 e. The van der Waals surface area contributed by atoms with Crippen molar-refractivity contribution in [1.82, 2.24) is 9.88 Å². The number of pyridine rings is 1. The Hall–Kier alpha value is -2.59. The maximum absolute atomic E-state index is 6.41. The van der Waals surface area contributed by atoms with Gasteiger partial charge in [0.05, 0.1) is 6.10 Å². The lowest BCUT2D eigenvalue weighted by Crippen LogP contribution is -2.45. The number of piperazine rings is 1. The van der Waals surface area contributed by atoms with Crippen LogP contribution in [0.4, 0.5) is 5.69 Å². The number of hydrogen-bond acceptors (Lipinski definition) is 4. The summed E-state index contributed by atoms with van der Waals surface area (Å²) in [7, 11) is 0. The zero-order chi connectivity index (χ0) is 23.5. The van der Waals surface area contributed by atoms with Gasteiger partial charge in [0, 0.05) is 50.8 Å². The van der Waals surface area contributed by atoms with Crippen LogP contribution in [0.2, 0.25) is 0 Å². The number of aromatic nitrogens is 1. The van der Waals surface area contributed by atoms with E-state index >= 15 is 0 Å². The van der Waals surface area contributed by atoms with Crippen LogP contribution in [-0.2, 0) is 6.54 Å². The van der Waals surface area contributed by atoms with E-state index in [1.54, 1.807) is 0 Å². The number of benzene rings is 2. The molecule has 1 aromatic heterocycles. The Labute approximate surface area is 204 Å². The van der Waals surface area contributed by atoms with Crippen molar-refractivity contribution in [2.24, 2.45) is 11.3 Å². The number of anilines is 1. The van der Waals surface area contributed by atoms with E-state index in [9.17, 15) is 0 Å². The highest BCUT2D eigenvalue weighted by atomic mass is 16.5. The normalized spacial score (nSPS) is 22.1. The minimum Gasteiger partial charge on any atom is -0.490 e. The van der Waals surface area contributed by atoms with E-state index in [1.165, 1.54) is 47.7 Å². The summed E-state index contributed by atoms with van der Waals surface area (Å²) in [6.07, 6.45) is 9.03. The van der Waals surface area contributed by atoms with E-state index in [2.05, 4.69) is 84.1 Å². The highest BCUT2D eigenvalue weighted by Crippen LogP contribution is 2.39. The minimum atomic E-state index is 0.362. The molecule has 2 aromatic carbocycles. The second kappa shape index (κ2) is 9.95. The summed E-state index contributed by atoms with van der Waals surface area (Å²) in [6.45, 7) is 12.4. The van der Waals surface area contributed by atoms with E-state index in [0.717, 1.165) is 44.4 Å². The summed E-state index contributed by atoms with van der Waals surface area (Å²) in [5.41, 5.74) is 3.08. The molecule has 2 heterocycles. The lowest BCUT2D eigenvalue weighted by Gasteiger charge is -2.37. The van der Waals surface area contributed by atoms with Crippen LogP contribution < -0.4 is 9.64 Å². The van der Waals surface area contributed by atoms with Crippen LogP contribution in [0.1, 0.15) is 52.0 Å². The van der Waals surface area contributed by atoms with Crippen LogP contribution in [0.15, 0.2) is 60.9 Å². The van der Waals surface area contributed by atoms with Crippen molar-refractivity contribution in [3.8, 4) is 5.75 Å². The van der Waals surface area contributed by atoms with Gasteiger partial charge in [-0.25, -0.2) is 0 Å². The van der Waals surface area contributed by atoms with Gasteiger partial charge in [0.25, 0.3) is 0 Å². The molecule has 0 spiro atoms. The molecule has 0 radical (unpaired) electrons. The van der Waals surface area contributed by atoms with Crippen molar-refractivity contribution in [1.29, 1.82) is 0 Å². The lowest BCUT2D eigenvalue weighted by molar-refractivity contribution is 0.0883. The van der Waals surface area contributed by atoms with Gasteiger partial charge < -0.3 is 9.64 Å². The second-order valence-corrected chi connectivity index (χ2v) is 11.3. The van der Waals surface area contributed by atoms with Crippen LogP contribution >= 0.6 is 0 Å². The molecule has 0 unspecified atom stereocenters. The fourth-order valence-corrected chi connectivity index (χ4v) is 5.66. The highest BCUT2D eigenvalue weighted by Gasteiger charge is 2.30. The maximum Gasteiger partial charge on any atom is 0.120 e. The molecule has 1 aliphatic carbocycles. The summed E-state index contributed by atoms with van der Waals surface area (Å²) < 4.78 is 6.41. The van der Waals surface area contributed by atoms with Gasteiger partial charge in [-0.3, -0.25) is 9.88 Å². The Kier molecular flexibility index (Phi) is 6.78. The number of ether oxygens (including phenoxy) is 1. The van der Waals surface area contributed by atoms with Crippen LogP contribution in [0, 0.1) is 11.3 Å². The first-order valence-electron chi connectivity index (χ1n) is 13.0. The third-order valence-corrected chi connectivity index (χ3v) is 7.88. The highest BCUT2D eigenvalue weighted by molar-refractivity contribution is 5.84. The van der Waals surface area contributed by atoms with Crippen molar-refractivity contribution in [2.75, 3.05) is 31.1 Å². The average Bonchev–Trinajstić information content (AvgIpc) is 2.85. The summed E-state index contributed by atoms with van der Waals surface area (Å²) in [5, 5.41) is 2.57. The van der Waals surface area contributed by atoms with E-state index in [1.807, 2.05) is 12.4 Å². The number of rotatable bonds is 5. The molecule has 3 aromatic rings. The predicted molar refractivity (Wildman–Crippen MR) is 142 cm³/mol. The van der Waals surface area contributed by atoms with Crippen LogP contribution in [-0.4, -0.2) is 42.2 Å². The van der Waals surface area contributed by atoms with E-state index in [-0.39, 0.29) is 0 Å². The molecular weight excluding hydrogens is 418 g/mol. The van der Waals surface area contributed by atoms with Gasteiger partial charge in [0.1, 0.15) is 5.75 Å². The van der Waals surface area contributed by atoms with Crippen molar-refractivity contribution in [2.45, 2.75) is 59.1 Å². The molecule has 0 N–H and O–H groups in total. The minimum absolute atomic E-state index is 0.362. The van der Waals surface area contributed by atoms with Crippen molar-refractivity contribution >= 4 is 16.5 Å². The molecule has 0 amide bonds. The van der Waals surface area contributed by atoms with Gasteiger partial charge >= 0.3 is 0 Å². The Morgan fingerprint density at radius 2 is 1.50 bits per heavy atom. The third-order valence-electron chi connectivity index (χ3n) is 7.88. The van der Waals surface area contributed by atoms with Gasteiger partial charge in [-0.15, -0.1) is 0 Å². The predicted octanol–water partition coefficient (Wildman–Crippen LogP) is 6.54. The van der Waals surface area contributed by atoms with Crippen molar-refractivity contribution in [3.63, 3.8) is 0 Å². The van der Waals surface area contributed by atoms with Gasteiger partial charge in [0.15, 0.2) is 0 Å². The van der Waals surface area contributed by atoms with Crippen LogP contribution in [0.3, 0.4) is 0 Å². The first-order chi connectivity index (χ1) is 16.4. The van der Waals surface area contributed by atoms with Crippen LogP contribution in [0.5, 0.6) is 5.75 Å². The summed E-state index contributed by atoms with van der Waals surface area (Å²) in [6, 6.07) is 17.7. The summed E-state index contributed by atoms with van der Waals surface area (Å²) >= 11 is 0. The Bertz CT molecular complexity index is 1080. The zero-order valence-corrected chi connectivity index (χ0v) is 21.0. The molecule has 0 atom stereocenters. The molecule has 1 saturated carbocycles. The SMILES string of the molecule is CC(C)(C)[C@H]1CC[C@H](Oc2ccc3cc(CN4CCN(c5ccncc5)CC4)ccc3c2)CC1. The quantitative estimate of drug-likeness (QED) is 0.435. The Balaban J connectivity index is 1.16. The fraction of sp³-hybridized carbons (Fsp3) is 0.500. The second-order valence-electron chi connectivity index (χ2n) is 11.3. The Morgan fingerprint density at radius 1 is 0.824 bits per heavy atom. The Morgan fingerprint density at radius 3 is 2.21 bits per heavy atom. The smallest absolute Gasteiger partial charge is 0.120 e. The average molecular weight is 458 g/mol. The van der Waals surface area contributed by atoms with Crippen molar-refractivity contribution < 1.29 is 4.74 Å². The topological polar surface area (TPSA) is 28.6 Å². The number of nitrogens with zero attached hydrogens (tertiary/aromatic N) is 3. The van der Waals surface area contributed by atoms with Crippen LogP contribution in [0.25, 0.3) is 10.8 Å². The molecule has 1 aliphatic heterocycles. The molecule has 1 saturated heterocycles. The molecule has 34 heavy (non-hydrogen) atoms. The van der Waals surface area contributed by atoms with Gasteiger partial charge in [-0.2, -0.15) is 0 Å². The van der Waals surface area contributed by atoms with Gasteiger partial charge in [-0.1, -0.05) is 39.0 Å². The molecule has 5 rings (SSSR count). The molecular formula is C30H39N3O. The number of hydrogen-bond donors (Lipinski definition) is 0. The lowest BCUT2D eigenvalue weighted by atomic mass is 9.72. The maximum atomic E-state index is 6.41. The molecule has 180 valence electrons. The first kappa shape index (κ1) is 23.2.